The smallest absolute Gasteiger partial charge is 0.374 e. The molecule has 1 atom stereocenters. The third kappa shape index (κ3) is 4.51. The number of H-pyrrole nitrogens is 1. The quantitative estimate of drug-likeness (QED) is 0.436. The van der Waals surface area contributed by atoms with Gasteiger partial charge in [-0.2, -0.15) is 0 Å². The van der Waals surface area contributed by atoms with Crippen LogP contribution in [0, 0.1) is 13.8 Å². The zero-order chi connectivity index (χ0) is 21.8. The van der Waals surface area contributed by atoms with Crippen LogP contribution < -0.4 is 4.74 Å². The van der Waals surface area contributed by atoms with Gasteiger partial charge in [0.1, 0.15) is 18.1 Å². The lowest BCUT2D eigenvalue weighted by Crippen LogP contribution is -2.25. The Morgan fingerprint density at radius 1 is 1.07 bits per heavy atom. The Labute approximate surface area is 174 Å². The van der Waals surface area contributed by atoms with Crippen LogP contribution in [0.5, 0.6) is 5.75 Å². The van der Waals surface area contributed by atoms with Gasteiger partial charge in [0.15, 0.2) is 11.9 Å². The number of ether oxygens (including phenoxy) is 2. The molecule has 7 heteroatoms. The summed E-state index contributed by atoms with van der Waals surface area (Å²) < 4.78 is 16.3. The predicted octanol–water partition coefficient (Wildman–Crippen LogP) is 4.43. The largest absolute Gasteiger partial charge is 0.486 e. The summed E-state index contributed by atoms with van der Waals surface area (Å²) in [5.41, 5.74) is 1.89. The van der Waals surface area contributed by atoms with Gasteiger partial charge >= 0.3 is 5.97 Å². The molecular formula is C23H23NO6. The molecule has 0 aliphatic carbocycles. The van der Waals surface area contributed by atoms with Crippen LogP contribution in [0.4, 0.5) is 0 Å². The summed E-state index contributed by atoms with van der Waals surface area (Å²) in [6.07, 6.45) is -1.05. The molecule has 30 heavy (non-hydrogen) atoms. The van der Waals surface area contributed by atoms with Gasteiger partial charge in [0, 0.05) is 11.3 Å². The zero-order valence-electron chi connectivity index (χ0n) is 17.3. The maximum Gasteiger partial charge on any atom is 0.374 e. The first kappa shape index (κ1) is 21.1. The van der Waals surface area contributed by atoms with Gasteiger partial charge < -0.3 is 18.9 Å². The highest BCUT2D eigenvalue weighted by molar-refractivity contribution is 6.05. The second kappa shape index (κ2) is 8.82. The summed E-state index contributed by atoms with van der Waals surface area (Å²) in [5, 5.41) is 0. The Bertz CT molecular complexity index is 1080. The number of aromatic nitrogens is 1. The number of benzene rings is 1. The van der Waals surface area contributed by atoms with Crippen molar-refractivity contribution in [3.63, 3.8) is 0 Å². The molecule has 3 rings (SSSR count). The first-order valence-electron chi connectivity index (χ1n) is 9.49. The number of carbonyl (C=O) groups excluding carboxylic acids is 3. The Kier molecular flexibility index (Phi) is 6.20. The number of hydrogen-bond donors (Lipinski definition) is 1. The van der Waals surface area contributed by atoms with E-state index in [-0.39, 0.29) is 23.8 Å². The number of ketones is 2. The molecule has 156 valence electrons. The van der Waals surface area contributed by atoms with Crippen molar-refractivity contribution in [3.05, 3.63) is 76.5 Å². The van der Waals surface area contributed by atoms with E-state index in [1.807, 2.05) is 30.3 Å². The van der Waals surface area contributed by atoms with Crippen molar-refractivity contribution >= 4 is 17.5 Å². The molecule has 2 aromatic heterocycles. The number of aromatic amines is 1. The summed E-state index contributed by atoms with van der Waals surface area (Å²) in [5.74, 6) is -0.202. The highest BCUT2D eigenvalue weighted by atomic mass is 16.6. The molecule has 0 aliphatic rings. The highest BCUT2D eigenvalue weighted by Gasteiger charge is 2.27. The van der Waals surface area contributed by atoms with Gasteiger partial charge in [0.05, 0.1) is 5.69 Å². The highest BCUT2D eigenvalue weighted by Crippen LogP contribution is 2.21. The van der Waals surface area contributed by atoms with Gasteiger partial charge in [0.25, 0.3) is 0 Å². The number of Topliss-reactive ketones (excluding diaryl/α,β-unsaturated/α-hetero) is 2. The van der Waals surface area contributed by atoms with Crippen LogP contribution in [0.3, 0.4) is 0 Å². The van der Waals surface area contributed by atoms with Gasteiger partial charge in [-0.05, 0) is 57.5 Å². The number of nitrogens with one attached hydrogen (secondary N) is 1. The van der Waals surface area contributed by atoms with Crippen molar-refractivity contribution < 1.29 is 28.3 Å². The number of aryl methyl sites for hydroxylation is 1. The predicted molar refractivity (Wildman–Crippen MR) is 109 cm³/mol. The first-order chi connectivity index (χ1) is 14.3. The maximum absolute atomic E-state index is 12.7. The minimum absolute atomic E-state index is 0.0230. The average molecular weight is 409 g/mol. The Morgan fingerprint density at radius 3 is 2.40 bits per heavy atom. The fraction of sp³-hybridized carbons (Fsp3) is 0.261. The number of carbonyl (C=O) groups is 3. The average Bonchev–Trinajstić information content (AvgIpc) is 3.30. The van der Waals surface area contributed by atoms with Crippen molar-refractivity contribution in [3.8, 4) is 5.75 Å². The summed E-state index contributed by atoms with van der Waals surface area (Å²) in [4.78, 5) is 39.8. The number of hydrogen-bond acceptors (Lipinski definition) is 6. The molecule has 0 saturated carbocycles. The Balaban J connectivity index is 1.63. The van der Waals surface area contributed by atoms with Crippen molar-refractivity contribution in [1.29, 1.82) is 0 Å². The van der Waals surface area contributed by atoms with Crippen LogP contribution in [0.2, 0.25) is 0 Å². The molecule has 1 aromatic carbocycles. The van der Waals surface area contributed by atoms with Crippen LogP contribution >= 0.6 is 0 Å². The number of esters is 1. The van der Waals surface area contributed by atoms with Gasteiger partial charge in [0.2, 0.25) is 11.5 Å². The minimum Gasteiger partial charge on any atom is -0.486 e. The molecule has 7 nitrogen and oxygen atoms in total. The lowest BCUT2D eigenvalue weighted by atomic mass is 10.0. The molecule has 0 saturated heterocycles. The molecule has 2 heterocycles. The minimum atomic E-state index is -1.05. The van der Waals surface area contributed by atoms with E-state index in [1.165, 1.54) is 19.9 Å². The monoisotopic (exact) mass is 409 g/mol. The molecule has 0 fully saturated rings. The van der Waals surface area contributed by atoms with E-state index in [4.69, 9.17) is 13.9 Å². The number of furan rings is 1. The van der Waals surface area contributed by atoms with Crippen LogP contribution in [0.15, 0.2) is 46.9 Å². The lowest BCUT2D eigenvalue weighted by molar-refractivity contribution is 0.0284. The molecule has 0 amide bonds. The summed E-state index contributed by atoms with van der Waals surface area (Å²) in [6.45, 7) is 6.48. The van der Waals surface area contributed by atoms with Crippen molar-refractivity contribution in [1.82, 2.24) is 4.98 Å². The summed E-state index contributed by atoms with van der Waals surface area (Å²) in [7, 11) is 0. The van der Waals surface area contributed by atoms with E-state index in [2.05, 4.69) is 4.98 Å². The number of rotatable bonds is 8. The third-order valence-corrected chi connectivity index (χ3v) is 4.68. The summed E-state index contributed by atoms with van der Waals surface area (Å²) in [6, 6.07) is 12.3. The van der Waals surface area contributed by atoms with Gasteiger partial charge in [-0.1, -0.05) is 18.2 Å². The van der Waals surface area contributed by atoms with Crippen LogP contribution in [0.1, 0.15) is 62.3 Å². The van der Waals surface area contributed by atoms with E-state index in [9.17, 15) is 14.4 Å². The molecule has 0 aliphatic heterocycles. The van der Waals surface area contributed by atoms with Crippen molar-refractivity contribution in [2.75, 3.05) is 0 Å². The van der Waals surface area contributed by atoms with E-state index in [0.29, 0.717) is 28.3 Å². The zero-order valence-corrected chi connectivity index (χ0v) is 17.3. The van der Waals surface area contributed by atoms with Gasteiger partial charge in [-0.25, -0.2) is 4.79 Å². The van der Waals surface area contributed by atoms with E-state index < -0.39 is 17.9 Å². The van der Waals surface area contributed by atoms with Crippen LogP contribution in [-0.2, 0) is 11.3 Å². The van der Waals surface area contributed by atoms with Gasteiger partial charge in [-0.3, -0.25) is 9.59 Å². The summed E-state index contributed by atoms with van der Waals surface area (Å²) >= 11 is 0. The second-order valence-electron chi connectivity index (χ2n) is 6.96. The first-order valence-corrected chi connectivity index (χ1v) is 9.49. The molecule has 0 radical (unpaired) electrons. The molecular weight excluding hydrogens is 386 g/mol. The fourth-order valence-corrected chi connectivity index (χ4v) is 3.24. The molecule has 3 aromatic rings. The Morgan fingerprint density at radius 2 is 1.77 bits per heavy atom. The number of para-hydroxylation sites is 1. The normalized spacial score (nSPS) is 11.7. The van der Waals surface area contributed by atoms with Crippen molar-refractivity contribution in [2.45, 2.75) is 40.4 Å². The molecule has 0 unspecified atom stereocenters. The van der Waals surface area contributed by atoms with E-state index in [0.717, 1.165) is 0 Å². The molecule has 1 N–H and O–H groups in total. The molecule has 0 bridgehead atoms. The maximum atomic E-state index is 12.7. The van der Waals surface area contributed by atoms with E-state index in [1.54, 1.807) is 19.9 Å². The van der Waals surface area contributed by atoms with Crippen LogP contribution in [0.25, 0.3) is 0 Å². The van der Waals surface area contributed by atoms with Gasteiger partial charge in [-0.15, -0.1) is 0 Å². The van der Waals surface area contributed by atoms with Crippen LogP contribution in [-0.4, -0.2) is 28.6 Å². The van der Waals surface area contributed by atoms with E-state index >= 15 is 0 Å². The second-order valence-corrected chi connectivity index (χ2v) is 6.96. The SMILES string of the molecule is CC(=O)c1c(C)[nH]c(C(=O)[C@@H](C)OC(=O)c2ccc(COc3ccccc3)o2)c1C. The molecule has 0 spiro atoms. The topological polar surface area (TPSA) is 98.6 Å². The standard InChI is InChI=1S/C23H23NO6/c1-13-20(15(3)25)14(2)24-21(13)22(26)16(4)29-23(27)19-11-10-18(30-19)12-28-17-8-6-5-7-9-17/h5-11,16,24H,12H2,1-4H3/t16-/m1/s1. The third-order valence-electron chi connectivity index (χ3n) is 4.68. The lowest BCUT2D eigenvalue weighted by Gasteiger charge is -2.11. The Hall–Kier alpha value is -3.61. The van der Waals surface area contributed by atoms with Crippen molar-refractivity contribution in [2.24, 2.45) is 0 Å². The fourth-order valence-electron chi connectivity index (χ4n) is 3.24.